The number of nitrogen functional groups attached to an aromatic ring is 1. The zero-order valence-corrected chi connectivity index (χ0v) is 18.3. The molecule has 7 N–H and O–H groups in total. The van der Waals surface area contributed by atoms with E-state index < -0.39 is 47.6 Å². The largest absolute Gasteiger partial charge is 0.481 e. The van der Waals surface area contributed by atoms with Crippen molar-refractivity contribution in [2.75, 3.05) is 11.1 Å². The van der Waals surface area contributed by atoms with Gasteiger partial charge in [-0.1, -0.05) is 0 Å². The summed E-state index contributed by atoms with van der Waals surface area (Å²) in [5, 5.41) is 23.7. The number of nitrogens with two attached hydrogens (primary N) is 1. The lowest BCUT2D eigenvalue weighted by molar-refractivity contribution is -0.147. The van der Waals surface area contributed by atoms with Crippen LogP contribution in [0, 0.1) is 5.92 Å². The summed E-state index contributed by atoms with van der Waals surface area (Å²) < 4.78 is 0. The van der Waals surface area contributed by atoms with Crippen LogP contribution in [0.4, 0.5) is 11.6 Å². The number of carbonyl (C=O) groups excluding carboxylic acids is 2. The van der Waals surface area contributed by atoms with Gasteiger partial charge in [-0.3, -0.25) is 24.2 Å². The molecule has 2 aromatic heterocycles. The summed E-state index contributed by atoms with van der Waals surface area (Å²) in [6, 6.07) is 4.41. The van der Waals surface area contributed by atoms with Gasteiger partial charge in [0.15, 0.2) is 11.2 Å². The molecule has 1 unspecified atom stereocenters. The maximum Gasteiger partial charge on any atom is 0.326 e. The number of hydrogen-bond donors (Lipinski definition) is 6. The SMILES string of the molecule is CC(=O)C(C[C@H](NC(=O)c1ccc(NCc2cnc3nc(N)[nH]c(=O)c3n2)cc1)C(=O)O)C(=O)O. The third-order valence-corrected chi connectivity index (χ3v) is 4.97. The Balaban J connectivity index is 1.64. The fourth-order valence-electron chi connectivity index (χ4n) is 3.13. The molecule has 0 aliphatic carbocycles. The van der Waals surface area contributed by atoms with E-state index in [4.69, 9.17) is 10.8 Å². The van der Waals surface area contributed by atoms with Crippen LogP contribution in [0.3, 0.4) is 0 Å². The summed E-state index contributed by atoms with van der Waals surface area (Å²) >= 11 is 0. The number of carboxylic acid groups (broad SMARTS) is 2. The Morgan fingerprint density at radius 3 is 2.37 bits per heavy atom. The van der Waals surface area contributed by atoms with Crippen molar-refractivity contribution in [3.05, 3.63) is 52.1 Å². The molecule has 3 aromatic rings. The average Bonchev–Trinajstić information content (AvgIpc) is 2.80. The molecule has 1 amide bonds. The average molecular weight is 483 g/mol. The molecule has 0 aliphatic rings. The molecule has 1 aromatic carbocycles. The van der Waals surface area contributed by atoms with E-state index in [-0.39, 0.29) is 29.2 Å². The van der Waals surface area contributed by atoms with Crippen LogP contribution in [-0.2, 0) is 20.9 Å². The molecule has 2 heterocycles. The maximum atomic E-state index is 12.5. The Bertz CT molecular complexity index is 1340. The van der Waals surface area contributed by atoms with E-state index in [1.54, 1.807) is 12.1 Å². The second-order valence-corrected chi connectivity index (χ2v) is 7.52. The number of rotatable bonds is 10. The molecule has 3 rings (SSSR count). The first kappa shape index (κ1) is 24.8. The van der Waals surface area contributed by atoms with Crippen molar-refractivity contribution in [3.63, 3.8) is 0 Å². The first-order valence-electron chi connectivity index (χ1n) is 10.2. The highest BCUT2D eigenvalue weighted by atomic mass is 16.4. The van der Waals surface area contributed by atoms with Gasteiger partial charge in [0, 0.05) is 11.3 Å². The van der Waals surface area contributed by atoms with Gasteiger partial charge in [0.1, 0.15) is 17.7 Å². The molecule has 0 aliphatic heterocycles. The number of anilines is 2. The lowest BCUT2D eigenvalue weighted by Gasteiger charge is -2.17. The summed E-state index contributed by atoms with van der Waals surface area (Å²) in [6.07, 6.45) is 0.851. The third-order valence-electron chi connectivity index (χ3n) is 4.97. The van der Waals surface area contributed by atoms with E-state index in [1.165, 1.54) is 18.3 Å². The highest BCUT2D eigenvalue weighted by molar-refractivity contribution is 5.99. The number of nitrogens with zero attached hydrogens (tertiary/aromatic N) is 3. The van der Waals surface area contributed by atoms with Crippen molar-refractivity contribution < 1.29 is 29.4 Å². The number of carboxylic acids is 2. The normalized spacial score (nSPS) is 12.5. The molecule has 35 heavy (non-hydrogen) atoms. The lowest BCUT2D eigenvalue weighted by Crippen LogP contribution is -2.44. The molecule has 0 bridgehead atoms. The van der Waals surface area contributed by atoms with Gasteiger partial charge in [-0.2, -0.15) is 4.98 Å². The molecule has 0 fully saturated rings. The molecule has 2 atom stereocenters. The molecule has 0 spiro atoms. The fourth-order valence-corrected chi connectivity index (χ4v) is 3.13. The van der Waals surface area contributed by atoms with Crippen LogP contribution in [-0.4, -0.2) is 59.8 Å². The second kappa shape index (κ2) is 10.4. The molecule has 182 valence electrons. The summed E-state index contributed by atoms with van der Waals surface area (Å²) in [7, 11) is 0. The van der Waals surface area contributed by atoms with E-state index in [9.17, 15) is 29.1 Å². The van der Waals surface area contributed by atoms with Crippen molar-refractivity contribution >= 4 is 46.4 Å². The van der Waals surface area contributed by atoms with Crippen molar-refractivity contribution in [2.24, 2.45) is 5.92 Å². The van der Waals surface area contributed by atoms with Gasteiger partial charge >= 0.3 is 11.9 Å². The molecular weight excluding hydrogens is 462 g/mol. The second-order valence-electron chi connectivity index (χ2n) is 7.52. The number of aliphatic carboxylic acids is 2. The van der Waals surface area contributed by atoms with E-state index >= 15 is 0 Å². The van der Waals surface area contributed by atoms with Gasteiger partial charge in [-0.25, -0.2) is 14.8 Å². The highest BCUT2D eigenvalue weighted by Gasteiger charge is 2.31. The Labute approximate surface area is 196 Å². The number of aromatic nitrogens is 4. The van der Waals surface area contributed by atoms with Crippen LogP contribution in [0.1, 0.15) is 29.4 Å². The van der Waals surface area contributed by atoms with E-state index in [2.05, 4.69) is 30.6 Å². The van der Waals surface area contributed by atoms with Crippen LogP contribution in [0.15, 0.2) is 35.3 Å². The smallest absolute Gasteiger partial charge is 0.326 e. The number of aromatic amines is 1. The van der Waals surface area contributed by atoms with Gasteiger partial charge in [-0.05, 0) is 37.6 Å². The van der Waals surface area contributed by atoms with Crippen molar-refractivity contribution in [1.29, 1.82) is 0 Å². The number of hydrogen-bond acceptors (Lipinski definition) is 10. The minimum absolute atomic E-state index is 0.0356. The van der Waals surface area contributed by atoms with Crippen LogP contribution < -0.4 is 21.9 Å². The standard InChI is InChI=1S/C21H21N7O7/c1-9(29)13(19(32)33)6-14(20(34)35)26-17(30)10-2-4-11(5-3-10)23-7-12-8-24-16-15(25-12)18(31)28-21(22)27-16/h2-5,8,13-14,23H,6-7H2,1H3,(H,26,30)(H,32,33)(H,34,35)(H3,22,24,27,28,31)/t13?,14-/m0/s1. The van der Waals surface area contributed by atoms with Crippen LogP contribution in [0.5, 0.6) is 0 Å². The minimum atomic E-state index is -1.57. The zero-order valence-electron chi connectivity index (χ0n) is 18.3. The number of nitrogens with one attached hydrogen (secondary N) is 3. The molecule has 0 radical (unpaired) electrons. The lowest BCUT2D eigenvalue weighted by atomic mass is 9.96. The number of benzene rings is 1. The molecule has 14 heteroatoms. The first-order valence-corrected chi connectivity index (χ1v) is 10.2. The summed E-state index contributed by atoms with van der Waals surface area (Å²) in [4.78, 5) is 73.0. The topological polar surface area (TPSA) is 230 Å². The Morgan fingerprint density at radius 2 is 1.77 bits per heavy atom. The number of H-pyrrole nitrogens is 1. The monoisotopic (exact) mass is 483 g/mol. The van der Waals surface area contributed by atoms with Crippen LogP contribution in [0.2, 0.25) is 0 Å². The summed E-state index contributed by atoms with van der Waals surface area (Å²) in [6.45, 7) is 1.24. The predicted octanol–water partition coefficient (Wildman–Crippen LogP) is -0.230. The van der Waals surface area contributed by atoms with Gasteiger partial charge < -0.3 is 26.6 Å². The van der Waals surface area contributed by atoms with Gasteiger partial charge in [0.2, 0.25) is 5.95 Å². The number of ketones is 1. The quantitative estimate of drug-likeness (QED) is 0.205. The predicted molar refractivity (Wildman–Crippen MR) is 121 cm³/mol. The number of fused-ring (bicyclic) bond motifs is 1. The summed E-state index contributed by atoms with van der Waals surface area (Å²) in [5.41, 5.74) is 6.26. The Hall–Kier alpha value is -4.88. The Morgan fingerprint density at radius 1 is 1.09 bits per heavy atom. The summed E-state index contributed by atoms with van der Waals surface area (Å²) in [5.74, 6) is -6.00. The van der Waals surface area contributed by atoms with Crippen LogP contribution >= 0.6 is 0 Å². The minimum Gasteiger partial charge on any atom is -0.481 e. The van der Waals surface area contributed by atoms with E-state index in [0.29, 0.717) is 11.4 Å². The fraction of sp³-hybridized carbons (Fsp3) is 0.238. The Kier molecular flexibility index (Phi) is 7.34. The molecule has 0 saturated heterocycles. The van der Waals surface area contributed by atoms with Gasteiger partial charge in [-0.15, -0.1) is 0 Å². The zero-order chi connectivity index (χ0) is 25.7. The van der Waals surface area contributed by atoms with Gasteiger partial charge in [0.05, 0.1) is 18.4 Å². The molecular formula is C21H21N7O7. The molecule has 14 nitrogen and oxygen atoms in total. The third kappa shape index (κ3) is 6.13. The number of Topliss-reactive ketones (excluding diaryl/α,β-unsaturated/α-hetero) is 1. The van der Waals surface area contributed by atoms with Crippen molar-refractivity contribution in [3.8, 4) is 0 Å². The number of amides is 1. The number of carbonyl (C=O) groups is 4. The highest BCUT2D eigenvalue weighted by Crippen LogP contribution is 2.14. The van der Waals surface area contributed by atoms with Crippen LogP contribution in [0.25, 0.3) is 11.2 Å². The van der Waals surface area contributed by atoms with Crippen molar-refractivity contribution in [1.82, 2.24) is 25.3 Å². The van der Waals surface area contributed by atoms with E-state index in [1.807, 2.05) is 0 Å². The van der Waals surface area contributed by atoms with Gasteiger partial charge in [0.25, 0.3) is 11.5 Å². The van der Waals surface area contributed by atoms with Crippen molar-refractivity contribution in [2.45, 2.75) is 25.9 Å². The maximum absolute atomic E-state index is 12.5. The molecule has 0 saturated carbocycles. The first-order chi connectivity index (χ1) is 16.5. The van der Waals surface area contributed by atoms with E-state index in [0.717, 1.165) is 6.92 Å².